The summed E-state index contributed by atoms with van der Waals surface area (Å²) in [5.74, 6) is 6.52. The van der Waals surface area contributed by atoms with E-state index in [2.05, 4.69) is 53.8 Å². The second-order valence-electron chi connectivity index (χ2n) is 15.1. The molecule has 5 saturated carbocycles. The van der Waals surface area contributed by atoms with Crippen molar-refractivity contribution in [2.45, 2.75) is 126 Å². The fraction of sp³-hybridized carbons (Fsp3) is 0.968. The Morgan fingerprint density at radius 1 is 0.788 bits per heavy atom. The van der Waals surface area contributed by atoms with Crippen LogP contribution in [0.3, 0.4) is 0 Å². The van der Waals surface area contributed by atoms with Crippen LogP contribution in [0.1, 0.15) is 120 Å². The normalized spacial score (nSPS) is 52.9. The first kappa shape index (κ1) is 24.2. The molecule has 5 fully saturated rings. The summed E-state index contributed by atoms with van der Waals surface area (Å²) in [6.07, 6.45) is 14.2. The number of hydrogen-bond donors (Lipinski definition) is 1. The van der Waals surface area contributed by atoms with Gasteiger partial charge in [-0.3, -0.25) is 4.79 Å². The predicted octanol–water partition coefficient (Wildman–Crippen LogP) is 7.86. The molecule has 0 aromatic rings. The van der Waals surface area contributed by atoms with E-state index in [1.807, 2.05) is 0 Å². The van der Waals surface area contributed by atoms with E-state index in [-0.39, 0.29) is 11.3 Å². The number of fused-ring (bicyclic) bond motifs is 7. The van der Waals surface area contributed by atoms with Crippen molar-refractivity contribution in [3.63, 3.8) is 0 Å². The first-order chi connectivity index (χ1) is 15.4. The van der Waals surface area contributed by atoms with Gasteiger partial charge in [0.2, 0.25) is 5.91 Å². The minimum absolute atomic E-state index is 0.151. The molecule has 0 radical (unpaired) electrons. The third-order valence-corrected chi connectivity index (χ3v) is 13.6. The van der Waals surface area contributed by atoms with Gasteiger partial charge in [0.25, 0.3) is 0 Å². The Balaban J connectivity index is 1.48. The Morgan fingerprint density at radius 2 is 1.48 bits per heavy atom. The van der Waals surface area contributed by atoms with Crippen molar-refractivity contribution in [2.75, 3.05) is 0 Å². The Hall–Kier alpha value is -0.530. The molecule has 188 valence electrons. The van der Waals surface area contributed by atoms with Crippen LogP contribution in [0, 0.1) is 63.1 Å². The van der Waals surface area contributed by atoms with Crippen molar-refractivity contribution >= 4 is 5.91 Å². The quantitative estimate of drug-likeness (QED) is 0.451. The van der Waals surface area contributed by atoms with E-state index < -0.39 is 0 Å². The van der Waals surface area contributed by atoms with Crippen LogP contribution in [-0.4, -0.2) is 11.9 Å². The molecule has 1 amide bonds. The van der Waals surface area contributed by atoms with E-state index >= 15 is 0 Å². The fourth-order valence-electron chi connectivity index (χ4n) is 11.9. The van der Waals surface area contributed by atoms with Crippen LogP contribution >= 0.6 is 0 Å². The van der Waals surface area contributed by atoms with Gasteiger partial charge in [-0.1, -0.05) is 48.5 Å². The van der Waals surface area contributed by atoms with E-state index in [1.165, 1.54) is 57.8 Å². The molecule has 0 spiro atoms. The summed E-state index contributed by atoms with van der Waals surface area (Å²) in [6.45, 7) is 19.9. The van der Waals surface area contributed by atoms with Crippen molar-refractivity contribution in [3.05, 3.63) is 0 Å². The fourth-order valence-corrected chi connectivity index (χ4v) is 11.9. The summed E-state index contributed by atoms with van der Waals surface area (Å²) in [7, 11) is 0. The highest BCUT2D eigenvalue weighted by Crippen LogP contribution is 2.76. The smallest absolute Gasteiger partial charge is 0.217 e. The second-order valence-corrected chi connectivity index (χ2v) is 15.1. The van der Waals surface area contributed by atoms with Gasteiger partial charge in [0.1, 0.15) is 0 Å². The van der Waals surface area contributed by atoms with E-state index in [0.717, 1.165) is 47.8 Å². The zero-order valence-corrected chi connectivity index (χ0v) is 23.1. The van der Waals surface area contributed by atoms with Crippen LogP contribution < -0.4 is 5.32 Å². The average Bonchev–Trinajstić information content (AvgIpc) is 3.15. The van der Waals surface area contributed by atoms with Gasteiger partial charge in [-0.05, 0) is 127 Å². The Kier molecular flexibility index (Phi) is 5.67. The van der Waals surface area contributed by atoms with Gasteiger partial charge in [0, 0.05) is 13.0 Å². The summed E-state index contributed by atoms with van der Waals surface area (Å²) >= 11 is 0. The molecule has 5 rings (SSSR count). The molecule has 1 unspecified atom stereocenters. The lowest BCUT2D eigenvalue weighted by atomic mass is 9.33. The van der Waals surface area contributed by atoms with Gasteiger partial charge >= 0.3 is 0 Å². The van der Waals surface area contributed by atoms with E-state index in [0.29, 0.717) is 22.3 Å². The zero-order valence-electron chi connectivity index (χ0n) is 23.1. The first-order valence-electron chi connectivity index (χ1n) is 14.6. The van der Waals surface area contributed by atoms with Gasteiger partial charge in [-0.25, -0.2) is 0 Å². The molecule has 0 aliphatic heterocycles. The van der Waals surface area contributed by atoms with Crippen LogP contribution in [0.25, 0.3) is 0 Å². The van der Waals surface area contributed by atoms with Crippen LogP contribution in [0.5, 0.6) is 0 Å². The monoisotopic (exact) mass is 455 g/mol. The summed E-state index contributed by atoms with van der Waals surface area (Å²) in [4.78, 5) is 12.0. The van der Waals surface area contributed by atoms with Crippen LogP contribution in [0.2, 0.25) is 0 Å². The molecule has 2 heteroatoms. The number of rotatable bonds is 2. The largest absolute Gasteiger partial charge is 0.353 e. The molecule has 0 saturated heterocycles. The van der Waals surface area contributed by atoms with Gasteiger partial charge in [0.05, 0.1) is 0 Å². The zero-order chi connectivity index (χ0) is 24.0. The molecular weight excluding hydrogens is 402 g/mol. The molecule has 0 aromatic carbocycles. The molecule has 0 bridgehead atoms. The second kappa shape index (κ2) is 7.73. The average molecular weight is 456 g/mol. The third kappa shape index (κ3) is 3.20. The number of carbonyl (C=O) groups excluding carboxylic acids is 1. The lowest BCUT2D eigenvalue weighted by Crippen LogP contribution is -2.67. The minimum atomic E-state index is 0.151. The first-order valence-corrected chi connectivity index (χ1v) is 14.6. The minimum Gasteiger partial charge on any atom is -0.353 e. The van der Waals surface area contributed by atoms with Crippen LogP contribution in [0.4, 0.5) is 0 Å². The summed E-state index contributed by atoms with van der Waals surface area (Å²) in [5.41, 5.74) is 1.60. The van der Waals surface area contributed by atoms with Gasteiger partial charge in [-0.2, -0.15) is 0 Å². The predicted molar refractivity (Wildman–Crippen MR) is 138 cm³/mol. The molecule has 2 nitrogen and oxygen atoms in total. The lowest BCUT2D eigenvalue weighted by Gasteiger charge is -2.72. The summed E-state index contributed by atoms with van der Waals surface area (Å²) in [5, 5.41) is 3.36. The van der Waals surface area contributed by atoms with Crippen molar-refractivity contribution in [1.29, 1.82) is 0 Å². The van der Waals surface area contributed by atoms with Gasteiger partial charge < -0.3 is 5.32 Å². The number of amides is 1. The van der Waals surface area contributed by atoms with Gasteiger partial charge in [0.15, 0.2) is 0 Å². The highest BCUT2D eigenvalue weighted by atomic mass is 16.1. The molecule has 5 aliphatic rings. The highest BCUT2D eigenvalue weighted by molar-refractivity contribution is 5.73. The number of nitrogens with one attached hydrogen (secondary N) is 1. The van der Waals surface area contributed by atoms with Gasteiger partial charge in [-0.15, -0.1) is 0 Å². The molecule has 5 aliphatic carbocycles. The van der Waals surface area contributed by atoms with Crippen molar-refractivity contribution in [2.24, 2.45) is 63.1 Å². The molecule has 33 heavy (non-hydrogen) atoms. The molecule has 0 aromatic heterocycles. The molecule has 1 N–H and O–H groups in total. The topological polar surface area (TPSA) is 29.1 Å². The van der Waals surface area contributed by atoms with E-state index in [4.69, 9.17) is 0 Å². The van der Waals surface area contributed by atoms with E-state index in [1.54, 1.807) is 6.92 Å². The number of carbonyl (C=O) groups is 1. The third-order valence-electron chi connectivity index (χ3n) is 13.6. The maximum Gasteiger partial charge on any atom is 0.217 e. The Bertz CT molecular complexity index is 786. The maximum absolute atomic E-state index is 12.0. The van der Waals surface area contributed by atoms with Crippen molar-refractivity contribution in [1.82, 2.24) is 5.32 Å². The standard InChI is InChI=1S/C31H53NO/c1-19(2)22-10-9-21-13-17-30(7)23(27(21)22)11-12-25-29(6)16-15-26(32-20(3)33)28(4,5)24(29)14-18-31(25,30)8/h19,21-27H,9-18H2,1-8H3,(H,32,33)/t21-,22+,23-,24+,25-,26?,27-,29+,30-,31-/m1/s1. The van der Waals surface area contributed by atoms with Crippen molar-refractivity contribution < 1.29 is 4.79 Å². The Morgan fingerprint density at radius 3 is 2.15 bits per heavy atom. The maximum atomic E-state index is 12.0. The lowest BCUT2D eigenvalue weighted by molar-refractivity contribution is -0.232. The SMILES string of the molecule is CC(=O)NC1CC[C@]2(C)[C@H]3CC[C@@H]4[C@@H]5[C@H](CC[C@H]5C(C)C)CC[C@@]4(C)[C@]3(C)CC[C@H]2C1(C)C. The van der Waals surface area contributed by atoms with Crippen LogP contribution in [0.15, 0.2) is 0 Å². The van der Waals surface area contributed by atoms with E-state index in [9.17, 15) is 4.79 Å². The Labute approximate surface area is 204 Å². The molecule has 0 heterocycles. The summed E-state index contributed by atoms with van der Waals surface area (Å²) in [6, 6.07) is 0.338. The molecule has 10 atom stereocenters. The van der Waals surface area contributed by atoms with Crippen LogP contribution in [-0.2, 0) is 4.79 Å². The molecular formula is C31H53NO. The van der Waals surface area contributed by atoms with Crippen molar-refractivity contribution in [3.8, 4) is 0 Å². The summed E-state index contributed by atoms with van der Waals surface area (Å²) < 4.78 is 0. The highest BCUT2D eigenvalue weighted by Gasteiger charge is 2.69. The number of hydrogen-bond acceptors (Lipinski definition) is 1.